The SMILES string of the molecule is CC(=O)[C@@H](N(C)C(=O)[C@@H](C)N(C)P(P)P)C(C)(C)C1OCCO1. The zero-order valence-corrected chi connectivity index (χ0v) is 18.0. The molecule has 0 saturated carbocycles. The lowest BCUT2D eigenvalue weighted by molar-refractivity contribution is -0.166. The van der Waals surface area contributed by atoms with Crippen LogP contribution in [0.3, 0.4) is 0 Å². The zero-order valence-electron chi connectivity index (χ0n) is 14.8. The van der Waals surface area contributed by atoms with Crippen LogP contribution in [0.2, 0.25) is 0 Å². The van der Waals surface area contributed by atoms with Crippen LogP contribution in [-0.2, 0) is 19.1 Å². The molecular weight excluding hydrogens is 353 g/mol. The Morgan fingerprint density at radius 2 is 1.70 bits per heavy atom. The quantitative estimate of drug-likeness (QED) is 0.632. The van der Waals surface area contributed by atoms with E-state index in [9.17, 15) is 9.59 Å². The Kier molecular flexibility index (Phi) is 7.99. The third kappa shape index (κ3) is 4.91. The van der Waals surface area contributed by atoms with Gasteiger partial charge in [-0.15, -0.1) is 0 Å². The van der Waals surface area contributed by atoms with Crippen LogP contribution >= 0.6 is 25.3 Å². The summed E-state index contributed by atoms with van der Waals surface area (Å²) in [6.45, 7) is 8.21. The summed E-state index contributed by atoms with van der Waals surface area (Å²) in [6.07, 6.45) is -0.486. The monoisotopic (exact) mass is 382 g/mol. The Morgan fingerprint density at radius 1 is 1.22 bits per heavy atom. The summed E-state index contributed by atoms with van der Waals surface area (Å²) in [4.78, 5) is 26.7. The Bertz CT molecular complexity index is 442. The highest BCUT2D eigenvalue weighted by Gasteiger charge is 2.47. The van der Waals surface area contributed by atoms with Crippen LogP contribution in [0.5, 0.6) is 0 Å². The average molecular weight is 382 g/mol. The predicted molar refractivity (Wildman–Crippen MR) is 100 cm³/mol. The third-order valence-corrected chi connectivity index (χ3v) is 7.60. The lowest BCUT2D eigenvalue weighted by Crippen LogP contribution is -2.57. The average Bonchev–Trinajstić information content (AvgIpc) is 2.98. The molecule has 1 aliphatic heterocycles. The van der Waals surface area contributed by atoms with E-state index in [2.05, 4.69) is 17.9 Å². The second-order valence-corrected chi connectivity index (χ2v) is 12.8. The molecule has 23 heavy (non-hydrogen) atoms. The van der Waals surface area contributed by atoms with Gasteiger partial charge in [0.15, 0.2) is 12.1 Å². The zero-order chi connectivity index (χ0) is 17.9. The smallest absolute Gasteiger partial charge is 0.240 e. The van der Waals surface area contributed by atoms with Gasteiger partial charge in [0.2, 0.25) is 5.91 Å². The molecule has 9 heteroatoms. The third-order valence-electron chi connectivity index (χ3n) is 4.34. The summed E-state index contributed by atoms with van der Waals surface area (Å²) >= 11 is 0. The Hall–Kier alpha value is 0.310. The van der Waals surface area contributed by atoms with Crippen LogP contribution in [-0.4, -0.2) is 66.9 Å². The summed E-state index contributed by atoms with van der Waals surface area (Å²) in [5.74, 6) is -0.157. The molecule has 0 N–H and O–H groups in total. The number of amides is 1. The van der Waals surface area contributed by atoms with Crippen molar-refractivity contribution in [1.29, 1.82) is 0 Å². The molecule has 0 aromatic carbocycles. The first-order chi connectivity index (χ1) is 10.5. The highest BCUT2D eigenvalue weighted by Crippen LogP contribution is 2.56. The first-order valence-corrected chi connectivity index (χ1v) is 12.1. The fourth-order valence-corrected chi connectivity index (χ4v) is 4.69. The molecule has 1 amide bonds. The number of carbonyl (C=O) groups excluding carboxylic acids is 2. The molecule has 1 rings (SSSR count). The molecule has 134 valence electrons. The van der Waals surface area contributed by atoms with Gasteiger partial charge < -0.3 is 14.4 Å². The summed E-state index contributed by atoms with van der Waals surface area (Å²) < 4.78 is 13.2. The molecule has 0 spiro atoms. The van der Waals surface area contributed by atoms with Gasteiger partial charge in [-0.25, -0.2) is 0 Å². The molecule has 2 unspecified atom stereocenters. The van der Waals surface area contributed by atoms with E-state index < -0.39 is 25.2 Å². The number of nitrogens with zero attached hydrogens (tertiary/aromatic N) is 2. The van der Waals surface area contributed by atoms with E-state index in [4.69, 9.17) is 9.47 Å². The topological polar surface area (TPSA) is 59.1 Å². The molecule has 1 fully saturated rings. The van der Waals surface area contributed by atoms with Crippen LogP contribution in [0.15, 0.2) is 0 Å². The molecule has 4 atom stereocenters. The molecule has 1 heterocycles. The Labute approximate surface area is 145 Å². The minimum Gasteiger partial charge on any atom is -0.350 e. The summed E-state index contributed by atoms with van der Waals surface area (Å²) in [5, 5.41) is 0. The molecule has 0 aromatic rings. The van der Waals surface area contributed by atoms with Gasteiger partial charge in [-0.05, 0) is 20.9 Å². The molecule has 1 saturated heterocycles. The Morgan fingerprint density at radius 3 is 2.09 bits per heavy atom. The van der Waals surface area contributed by atoms with Crippen molar-refractivity contribution < 1.29 is 19.1 Å². The fourth-order valence-electron chi connectivity index (χ4n) is 2.99. The van der Waals surface area contributed by atoms with E-state index in [1.807, 2.05) is 32.5 Å². The number of hydrogen-bond donors (Lipinski definition) is 0. The number of carbonyl (C=O) groups is 2. The molecule has 0 bridgehead atoms. The molecule has 1 aliphatic rings. The van der Waals surface area contributed by atoms with Crippen molar-refractivity contribution in [2.45, 2.75) is 46.1 Å². The number of Topliss-reactive ketones (excluding diaryl/α,β-unsaturated/α-hetero) is 1. The van der Waals surface area contributed by atoms with Gasteiger partial charge in [0.1, 0.15) is 0 Å². The van der Waals surface area contributed by atoms with E-state index in [1.165, 1.54) is 6.92 Å². The lowest BCUT2D eigenvalue weighted by Gasteiger charge is -2.42. The van der Waals surface area contributed by atoms with Gasteiger partial charge in [-0.2, -0.15) is 0 Å². The number of ether oxygens (including phenoxy) is 2. The normalized spacial score (nSPS) is 19.2. The molecule has 6 nitrogen and oxygen atoms in total. The lowest BCUT2D eigenvalue weighted by atomic mass is 9.80. The maximum Gasteiger partial charge on any atom is 0.240 e. The molecule has 0 aliphatic carbocycles. The first-order valence-electron chi connectivity index (χ1n) is 7.54. The fraction of sp³-hybridized carbons (Fsp3) is 0.857. The van der Waals surface area contributed by atoms with Crippen LogP contribution in [0.1, 0.15) is 27.7 Å². The molecular formula is C14H29N2O4P3. The summed E-state index contributed by atoms with van der Waals surface area (Å²) in [7, 11) is 8.44. The highest BCUT2D eigenvalue weighted by atomic mass is 32.4. The van der Waals surface area contributed by atoms with Crippen molar-refractivity contribution in [3.63, 3.8) is 0 Å². The van der Waals surface area contributed by atoms with Crippen molar-refractivity contribution in [2.24, 2.45) is 5.41 Å². The Balaban J connectivity index is 3.00. The summed E-state index contributed by atoms with van der Waals surface area (Å²) in [5.41, 5.74) is -0.627. The van der Waals surface area contributed by atoms with E-state index in [1.54, 1.807) is 11.9 Å². The van der Waals surface area contributed by atoms with Crippen molar-refractivity contribution >= 4 is 37.0 Å². The van der Waals surface area contributed by atoms with Crippen molar-refractivity contribution in [2.75, 3.05) is 27.3 Å². The van der Waals surface area contributed by atoms with Crippen molar-refractivity contribution in [3.05, 3.63) is 0 Å². The minimum absolute atomic E-state index is 0.0705. The van der Waals surface area contributed by atoms with Gasteiger partial charge in [-0.3, -0.25) is 14.3 Å². The second kappa shape index (κ2) is 8.61. The predicted octanol–water partition coefficient (Wildman–Crippen LogP) is 2.10. The number of likely N-dealkylation sites (N-methyl/N-ethyl adjacent to an activating group) is 2. The van der Waals surface area contributed by atoms with Crippen LogP contribution in [0.25, 0.3) is 0 Å². The second-order valence-electron chi connectivity index (χ2n) is 6.49. The minimum atomic E-state index is -0.627. The van der Waals surface area contributed by atoms with Crippen LogP contribution in [0.4, 0.5) is 0 Å². The van der Waals surface area contributed by atoms with E-state index >= 15 is 0 Å². The maximum absolute atomic E-state index is 12.8. The molecule has 0 radical (unpaired) electrons. The van der Waals surface area contributed by atoms with E-state index in [0.717, 1.165) is 0 Å². The number of rotatable bonds is 7. The highest BCUT2D eigenvalue weighted by molar-refractivity contribution is 8.42. The van der Waals surface area contributed by atoms with Crippen LogP contribution in [0, 0.1) is 5.41 Å². The standard InChI is InChI=1S/C14H29N2O4P3/c1-9(16(6)23(21)22)12(18)15(5)11(10(2)17)14(3,4)13-19-7-8-20-13/h9,11,13H,7-8,21-22H2,1-6H3/t9-,11-/m1/s1. The van der Waals surface area contributed by atoms with Crippen LogP contribution < -0.4 is 0 Å². The van der Waals surface area contributed by atoms with E-state index in [-0.39, 0.29) is 17.7 Å². The number of hydrogen-bond acceptors (Lipinski definition) is 5. The van der Waals surface area contributed by atoms with Gasteiger partial charge in [0.25, 0.3) is 0 Å². The maximum atomic E-state index is 12.8. The van der Waals surface area contributed by atoms with Gasteiger partial charge in [0.05, 0.1) is 25.3 Å². The summed E-state index contributed by atoms with van der Waals surface area (Å²) in [6, 6.07) is -0.918. The van der Waals surface area contributed by atoms with Gasteiger partial charge in [0, 0.05) is 19.9 Å². The number of ketones is 1. The largest absolute Gasteiger partial charge is 0.350 e. The van der Waals surface area contributed by atoms with E-state index in [0.29, 0.717) is 13.2 Å². The van der Waals surface area contributed by atoms with Gasteiger partial charge in [-0.1, -0.05) is 31.7 Å². The van der Waals surface area contributed by atoms with Gasteiger partial charge >= 0.3 is 0 Å². The molecule has 0 aromatic heterocycles. The first kappa shape index (κ1) is 21.4. The van der Waals surface area contributed by atoms with Crippen molar-refractivity contribution in [3.8, 4) is 0 Å². The van der Waals surface area contributed by atoms with Crippen molar-refractivity contribution in [1.82, 2.24) is 9.57 Å².